The van der Waals surface area contributed by atoms with Crippen LogP contribution in [0.25, 0.3) is 11.1 Å². The summed E-state index contributed by atoms with van der Waals surface area (Å²) in [6, 6.07) is 5.17. The summed E-state index contributed by atoms with van der Waals surface area (Å²) in [5, 5.41) is 0. The number of fused-ring (bicyclic) bond motifs is 1. The highest BCUT2D eigenvalue weighted by Gasteiger charge is 2.30. The van der Waals surface area contributed by atoms with Gasteiger partial charge < -0.3 is 0 Å². The molecule has 0 aromatic heterocycles. The first-order valence-electron chi connectivity index (χ1n) is 9.89. The van der Waals surface area contributed by atoms with Crippen LogP contribution in [0.3, 0.4) is 0 Å². The zero-order chi connectivity index (χ0) is 19.1. The number of halogens is 4. The molecule has 2 aliphatic rings. The highest BCUT2D eigenvalue weighted by Crippen LogP contribution is 2.41. The van der Waals surface area contributed by atoms with Crippen molar-refractivity contribution in [1.82, 2.24) is 0 Å². The van der Waals surface area contributed by atoms with Gasteiger partial charge in [-0.1, -0.05) is 31.9 Å². The van der Waals surface area contributed by atoms with Crippen LogP contribution in [0.4, 0.5) is 17.6 Å². The van der Waals surface area contributed by atoms with Gasteiger partial charge in [0, 0.05) is 5.56 Å². The van der Waals surface area contributed by atoms with E-state index in [0.29, 0.717) is 17.9 Å². The van der Waals surface area contributed by atoms with Gasteiger partial charge in [0.2, 0.25) is 0 Å². The minimum Gasteiger partial charge on any atom is -0.206 e. The Morgan fingerprint density at radius 3 is 2.11 bits per heavy atom. The molecule has 1 saturated carbocycles. The van der Waals surface area contributed by atoms with E-state index in [4.69, 9.17) is 0 Å². The van der Waals surface area contributed by atoms with Crippen molar-refractivity contribution in [2.45, 2.75) is 51.9 Å². The van der Waals surface area contributed by atoms with Gasteiger partial charge in [-0.25, -0.2) is 17.6 Å². The van der Waals surface area contributed by atoms with Crippen LogP contribution >= 0.6 is 0 Å². The molecule has 0 bridgehead atoms. The molecule has 0 aliphatic heterocycles. The Labute approximate surface area is 157 Å². The van der Waals surface area contributed by atoms with Crippen molar-refractivity contribution < 1.29 is 17.6 Å². The molecule has 4 heteroatoms. The zero-order valence-corrected chi connectivity index (χ0v) is 15.5. The Hall–Kier alpha value is -1.84. The second-order valence-corrected chi connectivity index (χ2v) is 8.34. The minimum atomic E-state index is -1.53. The molecular formula is C23H24F4. The van der Waals surface area contributed by atoms with Crippen LogP contribution in [0.15, 0.2) is 24.3 Å². The summed E-state index contributed by atoms with van der Waals surface area (Å²) in [6.45, 7) is 2.31. The lowest BCUT2D eigenvalue weighted by Gasteiger charge is -2.36. The van der Waals surface area contributed by atoms with Gasteiger partial charge in [-0.15, -0.1) is 0 Å². The lowest BCUT2D eigenvalue weighted by Crippen LogP contribution is -2.26. The molecule has 0 spiro atoms. The number of rotatable bonds is 2. The average Bonchev–Trinajstić information content (AvgIpc) is 2.66. The molecule has 1 unspecified atom stereocenters. The molecule has 0 radical (unpaired) electrons. The Kier molecular flexibility index (Phi) is 5.00. The Morgan fingerprint density at radius 2 is 1.44 bits per heavy atom. The molecule has 0 saturated heterocycles. The van der Waals surface area contributed by atoms with Gasteiger partial charge in [-0.05, 0) is 78.7 Å². The molecule has 4 rings (SSSR count). The maximum Gasteiger partial charge on any atom is 0.194 e. The first kappa shape index (κ1) is 18.5. The molecule has 27 heavy (non-hydrogen) atoms. The monoisotopic (exact) mass is 376 g/mol. The molecule has 0 N–H and O–H groups in total. The van der Waals surface area contributed by atoms with Crippen molar-refractivity contribution in [2.75, 3.05) is 0 Å². The van der Waals surface area contributed by atoms with Gasteiger partial charge in [-0.3, -0.25) is 0 Å². The SMILES string of the molecule is CC1CCC(C2CCc3c(ccc(-c4cc(F)c(F)c(F)c4)c3F)C2)CC1. The molecule has 2 aromatic rings. The predicted molar refractivity (Wildman–Crippen MR) is 98.3 cm³/mol. The highest BCUT2D eigenvalue weighted by atomic mass is 19.2. The van der Waals surface area contributed by atoms with Crippen LogP contribution in [-0.4, -0.2) is 0 Å². The van der Waals surface area contributed by atoms with Crippen molar-refractivity contribution in [3.05, 3.63) is 58.7 Å². The van der Waals surface area contributed by atoms with E-state index in [1.54, 1.807) is 6.07 Å². The van der Waals surface area contributed by atoms with E-state index in [2.05, 4.69) is 6.92 Å². The van der Waals surface area contributed by atoms with E-state index < -0.39 is 23.3 Å². The number of benzene rings is 2. The first-order valence-corrected chi connectivity index (χ1v) is 9.89. The summed E-state index contributed by atoms with van der Waals surface area (Å²) in [5.74, 6) is -2.42. The lowest BCUT2D eigenvalue weighted by molar-refractivity contribution is 0.196. The fourth-order valence-corrected chi connectivity index (χ4v) is 4.93. The van der Waals surface area contributed by atoms with Crippen molar-refractivity contribution in [1.29, 1.82) is 0 Å². The van der Waals surface area contributed by atoms with E-state index in [-0.39, 0.29) is 11.1 Å². The van der Waals surface area contributed by atoms with Crippen LogP contribution in [0.1, 0.15) is 50.2 Å². The van der Waals surface area contributed by atoms with Crippen molar-refractivity contribution >= 4 is 0 Å². The van der Waals surface area contributed by atoms with Gasteiger partial charge in [0.05, 0.1) is 0 Å². The maximum atomic E-state index is 15.1. The summed E-state index contributed by atoms with van der Waals surface area (Å²) in [4.78, 5) is 0. The van der Waals surface area contributed by atoms with Gasteiger partial charge >= 0.3 is 0 Å². The second kappa shape index (κ2) is 7.29. The van der Waals surface area contributed by atoms with E-state index in [0.717, 1.165) is 42.4 Å². The molecule has 0 heterocycles. The van der Waals surface area contributed by atoms with Gasteiger partial charge in [-0.2, -0.15) is 0 Å². The fraction of sp³-hybridized carbons (Fsp3) is 0.478. The number of hydrogen-bond acceptors (Lipinski definition) is 0. The summed E-state index contributed by atoms with van der Waals surface area (Å²) in [7, 11) is 0. The summed E-state index contributed by atoms with van der Waals surface area (Å²) >= 11 is 0. The summed E-state index contributed by atoms with van der Waals surface area (Å²) in [6.07, 6.45) is 7.56. The van der Waals surface area contributed by atoms with Crippen LogP contribution in [0.2, 0.25) is 0 Å². The molecule has 0 nitrogen and oxygen atoms in total. The van der Waals surface area contributed by atoms with Crippen molar-refractivity contribution in [2.24, 2.45) is 17.8 Å². The maximum absolute atomic E-state index is 15.1. The standard InChI is InChI=1S/C23H24F4/c1-13-2-4-14(5-3-13)15-6-8-18-16(10-15)7-9-19(22(18)26)17-11-20(24)23(27)21(25)12-17/h7,9,11-15H,2-6,8,10H2,1H3. The Bertz CT molecular complexity index is 827. The highest BCUT2D eigenvalue weighted by molar-refractivity contribution is 5.66. The smallest absolute Gasteiger partial charge is 0.194 e. The predicted octanol–water partition coefficient (Wildman–Crippen LogP) is 6.84. The third-order valence-corrected chi connectivity index (χ3v) is 6.61. The van der Waals surface area contributed by atoms with Crippen molar-refractivity contribution in [3.63, 3.8) is 0 Å². The summed E-state index contributed by atoms with van der Waals surface area (Å²) < 4.78 is 55.4. The molecule has 2 aromatic carbocycles. The van der Waals surface area contributed by atoms with Gasteiger partial charge in [0.25, 0.3) is 0 Å². The third-order valence-electron chi connectivity index (χ3n) is 6.61. The average molecular weight is 376 g/mol. The van der Waals surface area contributed by atoms with Crippen LogP contribution in [0, 0.1) is 41.0 Å². The molecule has 1 fully saturated rings. The Balaban J connectivity index is 1.60. The molecule has 2 aliphatic carbocycles. The van der Waals surface area contributed by atoms with Crippen LogP contribution in [0.5, 0.6) is 0 Å². The molecule has 1 atom stereocenters. The Morgan fingerprint density at radius 1 is 0.778 bits per heavy atom. The van der Waals surface area contributed by atoms with Crippen molar-refractivity contribution in [3.8, 4) is 11.1 Å². The topological polar surface area (TPSA) is 0 Å². The van der Waals surface area contributed by atoms with E-state index in [9.17, 15) is 13.2 Å². The normalized spacial score (nSPS) is 25.3. The lowest BCUT2D eigenvalue weighted by atomic mass is 9.70. The summed E-state index contributed by atoms with van der Waals surface area (Å²) in [5.41, 5.74) is 1.83. The third kappa shape index (κ3) is 3.51. The van der Waals surface area contributed by atoms with E-state index in [1.807, 2.05) is 6.07 Å². The van der Waals surface area contributed by atoms with Crippen LogP contribution < -0.4 is 0 Å². The van der Waals surface area contributed by atoms with Gasteiger partial charge in [0.15, 0.2) is 17.5 Å². The largest absolute Gasteiger partial charge is 0.206 e. The second-order valence-electron chi connectivity index (χ2n) is 8.34. The molecule has 144 valence electrons. The fourth-order valence-electron chi connectivity index (χ4n) is 4.93. The van der Waals surface area contributed by atoms with E-state index >= 15 is 4.39 Å². The molecular weight excluding hydrogens is 352 g/mol. The quantitative estimate of drug-likeness (QED) is 0.397. The number of hydrogen-bond donors (Lipinski definition) is 0. The van der Waals surface area contributed by atoms with Crippen LogP contribution in [-0.2, 0) is 12.8 Å². The molecule has 0 amide bonds. The van der Waals surface area contributed by atoms with E-state index in [1.165, 1.54) is 25.7 Å². The zero-order valence-electron chi connectivity index (χ0n) is 15.5. The van der Waals surface area contributed by atoms with Gasteiger partial charge in [0.1, 0.15) is 5.82 Å². The first-order chi connectivity index (χ1) is 12.9. The minimum absolute atomic E-state index is 0.0371.